The first-order valence-electron chi connectivity index (χ1n) is 4.62. The van der Waals surface area contributed by atoms with Gasteiger partial charge in [0.2, 0.25) is 0 Å². The summed E-state index contributed by atoms with van der Waals surface area (Å²) in [4.78, 5) is 22.8. The Labute approximate surface area is 82.2 Å². The molecule has 1 aliphatic carbocycles. The van der Waals surface area contributed by atoms with E-state index in [9.17, 15) is 9.59 Å². The van der Waals surface area contributed by atoms with Gasteiger partial charge in [-0.05, 0) is 25.0 Å². The molecule has 0 atom stereocenters. The number of rotatable bonds is 4. The van der Waals surface area contributed by atoms with Crippen molar-refractivity contribution in [2.24, 2.45) is 5.41 Å². The van der Waals surface area contributed by atoms with Gasteiger partial charge in [-0.15, -0.1) is 0 Å². The predicted octanol–water partition coefficient (Wildman–Crippen LogP) is -0.164. The van der Waals surface area contributed by atoms with E-state index in [0.29, 0.717) is 0 Å². The van der Waals surface area contributed by atoms with Crippen LogP contribution >= 0.6 is 0 Å². The van der Waals surface area contributed by atoms with E-state index in [1.165, 1.54) is 12.2 Å². The predicted molar refractivity (Wildman–Crippen MR) is 49.6 cm³/mol. The second kappa shape index (κ2) is 4.48. The van der Waals surface area contributed by atoms with Crippen molar-refractivity contribution in [2.45, 2.75) is 19.3 Å². The summed E-state index contributed by atoms with van der Waals surface area (Å²) in [6.07, 6.45) is 3.08. The van der Waals surface area contributed by atoms with Gasteiger partial charge in [0, 0.05) is 25.0 Å². The monoisotopic (exact) mass is 198 g/mol. The molecular formula is C10H14O4. The molecule has 0 saturated heterocycles. The molecule has 0 aromatic rings. The summed E-state index contributed by atoms with van der Waals surface area (Å²) < 4.78 is 0. The fourth-order valence-corrected chi connectivity index (χ4v) is 1.80. The van der Waals surface area contributed by atoms with Gasteiger partial charge in [0.15, 0.2) is 11.6 Å². The van der Waals surface area contributed by atoms with E-state index in [-0.39, 0.29) is 44.0 Å². The normalized spacial score (nSPS) is 20.1. The first kappa shape index (κ1) is 11.1. The molecule has 4 nitrogen and oxygen atoms in total. The third-order valence-electron chi connectivity index (χ3n) is 2.64. The fraction of sp³-hybridized carbons (Fsp3) is 0.600. The Morgan fingerprint density at radius 3 is 2.21 bits per heavy atom. The van der Waals surface area contributed by atoms with Crippen LogP contribution in [0.3, 0.4) is 0 Å². The van der Waals surface area contributed by atoms with Crippen LogP contribution in [0.4, 0.5) is 0 Å². The second-order valence-electron chi connectivity index (χ2n) is 3.57. The Kier molecular flexibility index (Phi) is 3.55. The van der Waals surface area contributed by atoms with Crippen molar-refractivity contribution in [1.29, 1.82) is 0 Å². The van der Waals surface area contributed by atoms with Gasteiger partial charge in [-0.25, -0.2) is 0 Å². The van der Waals surface area contributed by atoms with Gasteiger partial charge in [-0.1, -0.05) is 0 Å². The van der Waals surface area contributed by atoms with Crippen molar-refractivity contribution in [3.05, 3.63) is 12.2 Å². The smallest absolute Gasteiger partial charge is 0.162 e. The van der Waals surface area contributed by atoms with Crippen LogP contribution in [0.2, 0.25) is 0 Å². The van der Waals surface area contributed by atoms with Crippen LogP contribution in [-0.4, -0.2) is 35.0 Å². The summed E-state index contributed by atoms with van der Waals surface area (Å²) in [6, 6.07) is 0. The van der Waals surface area contributed by atoms with E-state index in [4.69, 9.17) is 10.2 Å². The van der Waals surface area contributed by atoms with Gasteiger partial charge in [0.05, 0.1) is 0 Å². The van der Waals surface area contributed by atoms with Gasteiger partial charge in [0.1, 0.15) is 0 Å². The Hall–Kier alpha value is -1.00. The van der Waals surface area contributed by atoms with Gasteiger partial charge < -0.3 is 10.2 Å². The quantitative estimate of drug-likeness (QED) is 0.658. The number of hydrogen-bond donors (Lipinski definition) is 2. The Balaban J connectivity index is 2.89. The highest BCUT2D eigenvalue weighted by atomic mass is 16.3. The zero-order valence-electron chi connectivity index (χ0n) is 7.90. The average molecular weight is 198 g/mol. The largest absolute Gasteiger partial charge is 0.396 e. The minimum Gasteiger partial charge on any atom is -0.396 e. The molecule has 0 bridgehead atoms. The van der Waals surface area contributed by atoms with Crippen LogP contribution in [0.1, 0.15) is 19.3 Å². The van der Waals surface area contributed by atoms with Crippen molar-refractivity contribution < 1.29 is 19.8 Å². The lowest BCUT2D eigenvalue weighted by Crippen LogP contribution is -2.37. The first-order chi connectivity index (χ1) is 6.64. The molecule has 0 aromatic heterocycles. The van der Waals surface area contributed by atoms with Crippen molar-refractivity contribution >= 4 is 11.6 Å². The van der Waals surface area contributed by atoms with Crippen LogP contribution in [0.25, 0.3) is 0 Å². The summed E-state index contributed by atoms with van der Waals surface area (Å²) in [6.45, 7) is -0.292. The molecule has 0 saturated carbocycles. The Bertz CT molecular complexity index is 261. The van der Waals surface area contributed by atoms with Crippen LogP contribution in [-0.2, 0) is 9.59 Å². The maximum Gasteiger partial charge on any atom is 0.162 e. The lowest BCUT2D eigenvalue weighted by atomic mass is 9.71. The molecule has 0 fully saturated rings. The zero-order chi connectivity index (χ0) is 10.6. The van der Waals surface area contributed by atoms with E-state index in [0.717, 1.165) is 0 Å². The molecule has 0 amide bonds. The van der Waals surface area contributed by atoms with E-state index >= 15 is 0 Å². The average Bonchev–Trinajstić information content (AvgIpc) is 2.13. The number of carbonyl (C=O) groups is 2. The number of ketones is 2. The highest BCUT2D eigenvalue weighted by Gasteiger charge is 2.39. The molecule has 78 valence electrons. The third kappa shape index (κ3) is 2.08. The number of aliphatic hydroxyl groups is 2. The van der Waals surface area contributed by atoms with Crippen LogP contribution in [0.5, 0.6) is 0 Å². The summed E-state index contributed by atoms with van der Waals surface area (Å²) in [5, 5.41) is 17.7. The molecule has 1 rings (SSSR count). The maximum absolute atomic E-state index is 11.6. The minimum absolute atomic E-state index is 0.101. The lowest BCUT2D eigenvalue weighted by Gasteiger charge is -2.31. The number of hydrogen-bond acceptors (Lipinski definition) is 4. The highest BCUT2D eigenvalue weighted by Crippen LogP contribution is 2.35. The van der Waals surface area contributed by atoms with Gasteiger partial charge >= 0.3 is 0 Å². The lowest BCUT2D eigenvalue weighted by molar-refractivity contribution is -0.132. The summed E-state index contributed by atoms with van der Waals surface area (Å²) in [7, 11) is 0. The molecule has 0 aliphatic heterocycles. The third-order valence-corrected chi connectivity index (χ3v) is 2.64. The summed E-state index contributed by atoms with van der Waals surface area (Å²) in [5.74, 6) is -0.285. The van der Waals surface area contributed by atoms with Crippen LogP contribution < -0.4 is 0 Å². The van der Waals surface area contributed by atoms with Crippen molar-refractivity contribution in [1.82, 2.24) is 0 Å². The molecule has 0 radical (unpaired) electrons. The van der Waals surface area contributed by atoms with Gasteiger partial charge in [-0.3, -0.25) is 9.59 Å². The van der Waals surface area contributed by atoms with Crippen molar-refractivity contribution in [2.75, 3.05) is 13.2 Å². The van der Waals surface area contributed by atoms with Crippen LogP contribution in [0, 0.1) is 5.41 Å². The van der Waals surface area contributed by atoms with Crippen molar-refractivity contribution in [3.63, 3.8) is 0 Å². The van der Waals surface area contributed by atoms with Crippen molar-refractivity contribution in [3.8, 4) is 0 Å². The second-order valence-corrected chi connectivity index (χ2v) is 3.57. The Morgan fingerprint density at radius 1 is 1.14 bits per heavy atom. The van der Waals surface area contributed by atoms with Gasteiger partial charge in [0.25, 0.3) is 0 Å². The van der Waals surface area contributed by atoms with E-state index in [1.54, 1.807) is 0 Å². The van der Waals surface area contributed by atoms with Gasteiger partial charge in [-0.2, -0.15) is 0 Å². The van der Waals surface area contributed by atoms with E-state index < -0.39 is 5.41 Å². The Morgan fingerprint density at radius 2 is 1.71 bits per heavy atom. The molecule has 14 heavy (non-hydrogen) atoms. The molecule has 2 N–H and O–H groups in total. The molecule has 1 aliphatic rings. The number of carbonyl (C=O) groups excluding carboxylic acids is 2. The molecule has 0 heterocycles. The topological polar surface area (TPSA) is 74.6 Å². The zero-order valence-corrected chi connectivity index (χ0v) is 7.90. The fourth-order valence-electron chi connectivity index (χ4n) is 1.80. The molecule has 0 unspecified atom stereocenters. The number of allylic oxidation sites excluding steroid dienone is 2. The SMILES string of the molecule is O=C1C=CC(=O)C(CCO)(CCO)C1. The van der Waals surface area contributed by atoms with Crippen LogP contribution in [0.15, 0.2) is 12.2 Å². The molecule has 4 heteroatoms. The molecule has 0 aromatic carbocycles. The van der Waals surface area contributed by atoms with E-state index in [1.807, 2.05) is 0 Å². The highest BCUT2D eigenvalue weighted by molar-refractivity contribution is 6.07. The minimum atomic E-state index is -0.866. The summed E-state index contributed by atoms with van der Waals surface area (Å²) >= 11 is 0. The maximum atomic E-state index is 11.6. The van der Waals surface area contributed by atoms with E-state index in [2.05, 4.69) is 0 Å². The number of aliphatic hydroxyl groups excluding tert-OH is 2. The molecular weight excluding hydrogens is 184 g/mol. The standard InChI is InChI=1S/C10H14O4/c11-5-3-10(4-6-12)7-8(13)1-2-9(10)14/h1-2,11-12H,3-7H2. The first-order valence-corrected chi connectivity index (χ1v) is 4.62. The summed E-state index contributed by atoms with van der Waals surface area (Å²) in [5.41, 5.74) is -0.866. The molecule has 0 spiro atoms.